The maximum absolute atomic E-state index is 12.5. The van der Waals surface area contributed by atoms with Crippen LogP contribution < -0.4 is 0 Å². The topological polar surface area (TPSA) is 55.8 Å². The van der Waals surface area contributed by atoms with Crippen LogP contribution in [0, 0.1) is 0 Å². The second kappa shape index (κ2) is 12.2. The maximum atomic E-state index is 12.5. The third kappa shape index (κ3) is 6.26. The van der Waals surface area contributed by atoms with E-state index in [0.717, 1.165) is 45.3 Å². The first kappa shape index (κ1) is 28.1. The average molecular weight is 502 g/mol. The Balaban J connectivity index is 1.55. The van der Waals surface area contributed by atoms with Crippen LogP contribution in [-0.4, -0.2) is 56.3 Å². The van der Waals surface area contributed by atoms with Gasteiger partial charge in [0.1, 0.15) is 12.4 Å². The van der Waals surface area contributed by atoms with E-state index in [1.165, 1.54) is 0 Å². The fourth-order valence-corrected chi connectivity index (χ4v) is 12.6. The van der Waals surface area contributed by atoms with E-state index in [-0.39, 0.29) is 17.6 Å². The van der Waals surface area contributed by atoms with Crippen LogP contribution in [0.25, 0.3) is 0 Å². The molecule has 2 fully saturated rings. The summed E-state index contributed by atoms with van der Waals surface area (Å²) in [5.74, 6) is 0.117. The van der Waals surface area contributed by atoms with Crippen molar-refractivity contribution in [2.24, 2.45) is 0 Å². The molecule has 1 aromatic carbocycles. The fourth-order valence-electron chi connectivity index (χ4n) is 7.10. The van der Waals surface area contributed by atoms with Crippen molar-refractivity contribution in [1.82, 2.24) is 4.90 Å². The number of ketones is 1. The number of piperidine rings is 1. The minimum Gasteiger partial charge on any atom is -0.460 e. The van der Waals surface area contributed by atoms with E-state index in [4.69, 9.17) is 9.16 Å². The van der Waals surface area contributed by atoms with E-state index in [2.05, 4.69) is 46.4 Å². The lowest BCUT2D eigenvalue weighted by molar-refractivity contribution is -0.127. The van der Waals surface area contributed by atoms with Crippen molar-refractivity contribution >= 4 is 20.1 Å². The Kier molecular flexibility index (Phi) is 9.75. The summed E-state index contributed by atoms with van der Waals surface area (Å²) in [4.78, 5) is 27.4. The van der Waals surface area contributed by atoms with E-state index in [0.29, 0.717) is 47.4 Å². The molecule has 0 unspecified atom stereocenters. The number of hydrogen-bond donors (Lipinski definition) is 0. The summed E-state index contributed by atoms with van der Waals surface area (Å²) in [7, 11) is -1.83. The van der Waals surface area contributed by atoms with Gasteiger partial charge < -0.3 is 9.16 Å². The lowest BCUT2D eigenvalue weighted by Gasteiger charge is -2.44. The number of rotatable bonds is 12. The Hall–Kier alpha value is -1.50. The summed E-state index contributed by atoms with van der Waals surface area (Å²) in [5.41, 5.74) is 2.32. The molecular formula is C29H47NO4Si. The molecule has 2 heterocycles. The Morgan fingerprint density at radius 2 is 1.71 bits per heavy atom. The Morgan fingerprint density at radius 1 is 1.06 bits per heavy atom. The van der Waals surface area contributed by atoms with Gasteiger partial charge in [-0.15, -0.1) is 0 Å². The molecule has 2 saturated heterocycles. The van der Waals surface area contributed by atoms with Gasteiger partial charge in [0.05, 0.1) is 5.56 Å². The molecule has 6 heteroatoms. The van der Waals surface area contributed by atoms with Crippen LogP contribution >= 0.6 is 0 Å². The molecule has 196 valence electrons. The summed E-state index contributed by atoms with van der Waals surface area (Å²) in [6.07, 6.45) is 6.37. The molecule has 0 radical (unpaired) electrons. The Labute approximate surface area is 214 Å². The molecule has 0 spiro atoms. The minimum absolute atomic E-state index is 0.0676. The summed E-state index contributed by atoms with van der Waals surface area (Å²) in [6.45, 7) is 16.0. The standard InChI is InChI=1S/C29H47NO4Si/c1-22(2)35(23(3)4,24(5)6)34-19-11-10-16-29-17-14-26(30(29)18-15-27(31)20-29)21-33-28(32)25-12-8-7-9-13-25/h7-9,12-13,22-24,26H,10-11,14-21H2,1-6H3/t26-,29-/m0/s1. The van der Waals surface area contributed by atoms with Crippen LogP contribution in [0.4, 0.5) is 0 Å². The van der Waals surface area contributed by atoms with Gasteiger partial charge in [-0.25, -0.2) is 4.79 Å². The number of fused-ring (bicyclic) bond motifs is 1. The molecule has 0 saturated carbocycles. The molecule has 1 aromatic rings. The zero-order valence-corrected chi connectivity index (χ0v) is 23.8. The van der Waals surface area contributed by atoms with E-state index in [9.17, 15) is 9.59 Å². The smallest absolute Gasteiger partial charge is 0.338 e. The molecule has 3 rings (SSSR count). The lowest BCUT2D eigenvalue weighted by atomic mass is 9.81. The molecule has 0 N–H and O–H groups in total. The molecule has 2 aliphatic heterocycles. The minimum atomic E-state index is -1.83. The van der Waals surface area contributed by atoms with Gasteiger partial charge in [0.15, 0.2) is 8.32 Å². The number of hydrogen-bond acceptors (Lipinski definition) is 5. The molecule has 0 bridgehead atoms. The number of nitrogens with zero attached hydrogens (tertiary/aromatic N) is 1. The van der Waals surface area contributed by atoms with Crippen molar-refractivity contribution < 1.29 is 18.8 Å². The monoisotopic (exact) mass is 501 g/mol. The number of esters is 1. The second-order valence-corrected chi connectivity index (χ2v) is 17.1. The molecular weight excluding hydrogens is 454 g/mol. The lowest BCUT2D eigenvalue weighted by Crippen LogP contribution is -2.54. The highest BCUT2D eigenvalue weighted by Gasteiger charge is 2.49. The Morgan fingerprint density at radius 3 is 2.34 bits per heavy atom. The molecule has 35 heavy (non-hydrogen) atoms. The van der Waals surface area contributed by atoms with Crippen LogP contribution in [0.2, 0.25) is 16.6 Å². The van der Waals surface area contributed by atoms with E-state index >= 15 is 0 Å². The van der Waals surface area contributed by atoms with Gasteiger partial charge in [-0.1, -0.05) is 59.7 Å². The SMILES string of the molecule is CC(C)[Si](OCCCC[C@@]12CC[C@@H](COC(=O)c3ccccc3)N1CCC(=O)C2)(C(C)C)C(C)C. The predicted octanol–water partition coefficient (Wildman–Crippen LogP) is 6.77. The van der Waals surface area contributed by atoms with E-state index < -0.39 is 8.32 Å². The van der Waals surface area contributed by atoms with Crippen LogP contribution in [0.5, 0.6) is 0 Å². The highest BCUT2D eigenvalue weighted by atomic mass is 28.4. The highest BCUT2D eigenvalue weighted by molar-refractivity contribution is 6.77. The first-order valence-electron chi connectivity index (χ1n) is 13.8. The first-order chi connectivity index (χ1) is 16.6. The summed E-state index contributed by atoms with van der Waals surface area (Å²) in [6, 6.07) is 9.39. The quantitative estimate of drug-likeness (QED) is 0.180. The average Bonchev–Trinajstić information content (AvgIpc) is 3.17. The van der Waals surface area contributed by atoms with Crippen LogP contribution in [-0.2, 0) is 14.0 Å². The molecule has 2 atom stereocenters. The normalized spacial score (nSPS) is 23.3. The largest absolute Gasteiger partial charge is 0.460 e. The Bertz CT molecular complexity index is 819. The van der Waals surface area contributed by atoms with Gasteiger partial charge >= 0.3 is 5.97 Å². The van der Waals surface area contributed by atoms with Crippen molar-refractivity contribution in [1.29, 1.82) is 0 Å². The zero-order chi connectivity index (χ0) is 25.6. The van der Waals surface area contributed by atoms with Gasteiger partial charge in [0.25, 0.3) is 0 Å². The third-order valence-electron chi connectivity index (χ3n) is 8.66. The van der Waals surface area contributed by atoms with Crippen LogP contribution in [0.15, 0.2) is 30.3 Å². The summed E-state index contributed by atoms with van der Waals surface area (Å²) < 4.78 is 12.5. The van der Waals surface area contributed by atoms with Crippen LogP contribution in [0.3, 0.4) is 0 Å². The molecule has 2 aliphatic rings. The zero-order valence-electron chi connectivity index (χ0n) is 22.8. The number of ether oxygens (including phenoxy) is 1. The number of carbonyl (C=O) groups excluding carboxylic acids is 2. The highest BCUT2D eigenvalue weighted by Crippen LogP contribution is 2.44. The van der Waals surface area contributed by atoms with Crippen molar-refractivity contribution in [3.63, 3.8) is 0 Å². The number of unbranched alkanes of at least 4 members (excludes halogenated alkanes) is 1. The van der Waals surface area contributed by atoms with Crippen molar-refractivity contribution in [3.8, 4) is 0 Å². The second-order valence-electron chi connectivity index (χ2n) is 11.7. The van der Waals surface area contributed by atoms with E-state index in [1.54, 1.807) is 12.1 Å². The van der Waals surface area contributed by atoms with Gasteiger partial charge in [-0.05, 0) is 60.9 Å². The predicted molar refractivity (Wildman–Crippen MR) is 144 cm³/mol. The third-order valence-corrected chi connectivity index (χ3v) is 14.8. The van der Waals surface area contributed by atoms with Crippen molar-refractivity contribution in [2.45, 2.75) is 115 Å². The summed E-state index contributed by atoms with van der Waals surface area (Å²) >= 11 is 0. The van der Waals surface area contributed by atoms with Gasteiger partial charge in [-0.2, -0.15) is 0 Å². The summed E-state index contributed by atoms with van der Waals surface area (Å²) in [5, 5.41) is 0. The molecule has 0 amide bonds. The van der Waals surface area contributed by atoms with Gasteiger partial charge in [0.2, 0.25) is 0 Å². The van der Waals surface area contributed by atoms with Gasteiger partial charge in [-0.3, -0.25) is 9.69 Å². The van der Waals surface area contributed by atoms with Crippen molar-refractivity contribution in [2.75, 3.05) is 19.8 Å². The van der Waals surface area contributed by atoms with Gasteiger partial charge in [0, 0.05) is 37.6 Å². The van der Waals surface area contributed by atoms with Crippen molar-refractivity contribution in [3.05, 3.63) is 35.9 Å². The first-order valence-corrected chi connectivity index (χ1v) is 15.9. The number of carbonyl (C=O) groups is 2. The maximum Gasteiger partial charge on any atom is 0.338 e. The molecule has 0 aromatic heterocycles. The van der Waals surface area contributed by atoms with E-state index in [1.807, 2.05) is 18.2 Å². The fraction of sp³-hybridized carbons (Fsp3) is 0.724. The van der Waals surface area contributed by atoms with Crippen LogP contribution in [0.1, 0.15) is 96.8 Å². The molecule has 5 nitrogen and oxygen atoms in total. The number of benzene rings is 1. The molecule has 0 aliphatic carbocycles. The number of Topliss-reactive ketones (excluding diaryl/α,β-unsaturated/α-hetero) is 1.